The zero-order valence-electron chi connectivity index (χ0n) is 13.0. The molecule has 0 aromatic heterocycles. The number of hydrogen-bond donors (Lipinski definition) is 2. The van der Waals surface area contributed by atoms with E-state index in [0.717, 1.165) is 24.2 Å². The van der Waals surface area contributed by atoms with Crippen LogP contribution in [0.4, 0.5) is 0 Å². The van der Waals surface area contributed by atoms with E-state index in [2.05, 4.69) is 10.6 Å². The molecule has 2 saturated heterocycles. The highest BCUT2D eigenvalue weighted by atomic mass is 35.5. The van der Waals surface area contributed by atoms with E-state index in [1.807, 2.05) is 24.3 Å². The highest BCUT2D eigenvalue weighted by Crippen LogP contribution is 2.32. The van der Waals surface area contributed by atoms with E-state index >= 15 is 0 Å². The van der Waals surface area contributed by atoms with Crippen LogP contribution in [0.2, 0.25) is 0 Å². The molecule has 2 fully saturated rings. The fraction of sp³-hybridized carbons (Fsp3) is 0.588. The highest BCUT2D eigenvalue weighted by molar-refractivity contribution is 5.85. The molecule has 0 radical (unpaired) electrons. The summed E-state index contributed by atoms with van der Waals surface area (Å²) in [7, 11) is 1.66. The van der Waals surface area contributed by atoms with Gasteiger partial charge in [-0.25, -0.2) is 0 Å². The van der Waals surface area contributed by atoms with Crippen molar-refractivity contribution in [2.24, 2.45) is 5.92 Å². The van der Waals surface area contributed by atoms with Gasteiger partial charge in [-0.1, -0.05) is 18.2 Å². The van der Waals surface area contributed by atoms with Gasteiger partial charge in [-0.15, -0.1) is 12.4 Å². The van der Waals surface area contributed by atoms with E-state index in [1.54, 1.807) is 7.11 Å². The number of ether oxygens (including phenoxy) is 1. The first-order valence-corrected chi connectivity index (χ1v) is 7.89. The second-order valence-corrected chi connectivity index (χ2v) is 6.27. The Bertz CT molecular complexity index is 497. The van der Waals surface area contributed by atoms with Gasteiger partial charge in [0.15, 0.2) is 0 Å². The molecule has 22 heavy (non-hydrogen) atoms. The Kier molecular flexibility index (Phi) is 6.09. The van der Waals surface area contributed by atoms with Crippen LogP contribution < -0.4 is 15.4 Å². The maximum absolute atomic E-state index is 12.1. The fourth-order valence-corrected chi connectivity index (χ4v) is 3.72. The van der Waals surface area contributed by atoms with Crippen molar-refractivity contribution in [3.63, 3.8) is 0 Å². The first kappa shape index (κ1) is 17.1. The lowest BCUT2D eigenvalue weighted by Gasteiger charge is -2.28. The topological polar surface area (TPSA) is 50.4 Å². The van der Waals surface area contributed by atoms with Gasteiger partial charge >= 0.3 is 0 Å². The summed E-state index contributed by atoms with van der Waals surface area (Å²) in [5.74, 6) is 1.53. The van der Waals surface area contributed by atoms with Crippen LogP contribution >= 0.6 is 12.4 Å². The zero-order chi connectivity index (χ0) is 14.7. The third kappa shape index (κ3) is 4.14. The Hall–Kier alpha value is -1.26. The number of halogens is 1. The monoisotopic (exact) mass is 324 g/mol. The predicted molar refractivity (Wildman–Crippen MR) is 89.4 cm³/mol. The average molecular weight is 325 g/mol. The van der Waals surface area contributed by atoms with E-state index < -0.39 is 0 Å². The molecule has 4 nitrogen and oxygen atoms in total. The van der Waals surface area contributed by atoms with Gasteiger partial charge in [-0.2, -0.15) is 0 Å². The minimum Gasteiger partial charge on any atom is -0.496 e. The van der Waals surface area contributed by atoms with Crippen molar-refractivity contribution >= 4 is 18.3 Å². The SMILES string of the molecule is COc1ccccc1CNC(=O)CC1CC2CCC(C1)N2.Cl. The lowest BCUT2D eigenvalue weighted by molar-refractivity contribution is -0.122. The third-order valence-electron chi connectivity index (χ3n) is 4.71. The van der Waals surface area contributed by atoms with Gasteiger partial charge in [0.2, 0.25) is 5.91 Å². The Morgan fingerprint density at radius 2 is 1.95 bits per heavy atom. The first-order chi connectivity index (χ1) is 10.2. The maximum atomic E-state index is 12.1. The van der Waals surface area contributed by atoms with Crippen molar-refractivity contribution in [3.05, 3.63) is 29.8 Å². The number of hydrogen-bond acceptors (Lipinski definition) is 3. The van der Waals surface area contributed by atoms with Crippen molar-refractivity contribution in [3.8, 4) is 5.75 Å². The molecule has 122 valence electrons. The minimum absolute atomic E-state index is 0. The molecule has 3 rings (SSSR count). The summed E-state index contributed by atoms with van der Waals surface area (Å²) >= 11 is 0. The molecule has 2 N–H and O–H groups in total. The number of methoxy groups -OCH3 is 1. The number of benzene rings is 1. The van der Waals surface area contributed by atoms with E-state index in [4.69, 9.17) is 4.74 Å². The van der Waals surface area contributed by atoms with Crippen molar-refractivity contribution in [2.45, 2.75) is 50.7 Å². The maximum Gasteiger partial charge on any atom is 0.220 e. The summed E-state index contributed by atoms with van der Waals surface area (Å²) in [5.41, 5.74) is 1.03. The van der Waals surface area contributed by atoms with Crippen LogP contribution in [0.25, 0.3) is 0 Å². The van der Waals surface area contributed by atoms with Crippen molar-refractivity contribution in [1.82, 2.24) is 10.6 Å². The van der Waals surface area contributed by atoms with Crippen LogP contribution in [-0.4, -0.2) is 25.1 Å². The van der Waals surface area contributed by atoms with Crippen molar-refractivity contribution in [1.29, 1.82) is 0 Å². The summed E-state index contributed by atoms with van der Waals surface area (Å²) < 4.78 is 5.30. The van der Waals surface area contributed by atoms with Crippen molar-refractivity contribution in [2.75, 3.05) is 7.11 Å². The third-order valence-corrected chi connectivity index (χ3v) is 4.71. The summed E-state index contributed by atoms with van der Waals surface area (Å²) in [6, 6.07) is 9.12. The molecule has 2 aliphatic rings. The fourth-order valence-electron chi connectivity index (χ4n) is 3.72. The molecule has 2 unspecified atom stereocenters. The molecule has 1 amide bonds. The molecule has 0 saturated carbocycles. The Morgan fingerprint density at radius 3 is 2.64 bits per heavy atom. The molecule has 2 bridgehead atoms. The second-order valence-electron chi connectivity index (χ2n) is 6.27. The van der Waals surface area contributed by atoms with Gasteiger partial charge in [-0.05, 0) is 37.7 Å². The van der Waals surface area contributed by atoms with Gasteiger partial charge in [0, 0.05) is 30.6 Å². The smallest absolute Gasteiger partial charge is 0.220 e. The number of carbonyl (C=O) groups excluding carboxylic acids is 1. The van der Waals surface area contributed by atoms with Crippen molar-refractivity contribution < 1.29 is 9.53 Å². The van der Waals surface area contributed by atoms with E-state index in [9.17, 15) is 4.79 Å². The zero-order valence-corrected chi connectivity index (χ0v) is 13.8. The molecular weight excluding hydrogens is 300 g/mol. The summed E-state index contributed by atoms with van der Waals surface area (Å²) in [6.45, 7) is 0.542. The Morgan fingerprint density at radius 1 is 1.27 bits per heavy atom. The average Bonchev–Trinajstić information content (AvgIpc) is 2.84. The quantitative estimate of drug-likeness (QED) is 0.875. The van der Waals surface area contributed by atoms with Gasteiger partial charge in [0.1, 0.15) is 5.75 Å². The molecule has 0 aliphatic carbocycles. The minimum atomic E-state index is 0. The number of nitrogens with one attached hydrogen (secondary N) is 2. The van der Waals surface area contributed by atoms with Gasteiger partial charge in [0.25, 0.3) is 0 Å². The van der Waals surface area contributed by atoms with Crippen LogP contribution in [-0.2, 0) is 11.3 Å². The molecule has 1 aromatic carbocycles. The second kappa shape index (κ2) is 7.84. The van der Waals surface area contributed by atoms with Crippen LogP contribution in [0, 0.1) is 5.92 Å². The van der Waals surface area contributed by atoms with Gasteiger partial charge in [-0.3, -0.25) is 4.79 Å². The number of fused-ring (bicyclic) bond motifs is 2. The number of carbonyl (C=O) groups is 1. The molecule has 5 heteroatoms. The van der Waals surface area contributed by atoms with E-state index in [0.29, 0.717) is 31.0 Å². The van der Waals surface area contributed by atoms with Crippen LogP contribution in [0.3, 0.4) is 0 Å². The molecule has 2 aliphatic heterocycles. The first-order valence-electron chi connectivity index (χ1n) is 7.89. The molecular formula is C17H25ClN2O2. The molecule has 2 atom stereocenters. The number of amides is 1. The van der Waals surface area contributed by atoms with Crippen LogP contribution in [0.5, 0.6) is 5.75 Å². The number of rotatable bonds is 5. The molecule has 2 heterocycles. The predicted octanol–water partition coefficient (Wildman–Crippen LogP) is 2.65. The number of para-hydroxylation sites is 1. The highest BCUT2D eigenvalue weighted by Gasteiger charge is 2.34. The van der Waals surface area contributed by atoms with Gasteiger partial charge < -0.3 is 15.4 Å². The number of piperidine rings is 1. The van der Waals surface area contributed by atoms with Gasteiger partial charge in [0.05, 0.1) is 7.11 Å². The normalized spacial score (nSPS) is 26.1. The van der Waals surface area contributed by atoms with E-state index in [1.165, 1.54) is 12.8 Å². The van der Waals surface area contributed by atoms with Crippen LogP contribution in [0.1, 0.15) is 37.7 Å². The summed E-state index contributed by atoms with van der Waals surface area (Å²) in [5, 5.41) is 6.65. The largest absolute Gasteiger partial charge is 0.496 e. The lowest BCUT2D eigenvalue weighted by atomic mass is 9.89. The molecule has 0 spiro atoms. The Balaban J connectivity index is 0.00000176. The van der Waals surface area contributed by atoms with E-state index in [-0.39, 0.29) is 18.3 Å². The summed E-state index contributed by atoms with van der Waals surface area (Å²) in [4.78, 5) is 12.1. The standard InChI is InChI=1S/C17H24N2O2.ClH/c1-21-16-5-3-2-4-13(16)11-18-17(20)10-12-8-14-6-7-15(9-12)19-14;/h2-5,12,14-15,19H,6-11H2,1H3,(H,18,20);1H. The Labute approximate surface area is 138 Å². The lowest BCUT2D eigenvalue weighted by Crippen LogP contribution is -2.39. The summed E-state index contributed by atoms with van der Waals surface area (Å²) in [6.07, 6.45) is 5.52. The van der Waals surface area contributed by atoms with Crippen LogP contribution in [0.15, 0.2) is 24.3 Å². The molecule has 1 aromatic rings.